The van der Waals surface area contributed by atoms with Crippen molar-refractivity contribution in [3.05, 3.63) is 76.2 Å². The molecule has 3 rings (SSSR count). The number of carbonyl (C=O) groups excluding carboxylic acids is 1. The maximum absolute atomic E-state index is 13.2. The van der Waals surface area contributed by atoms with Crippen molar-refractivity contribution < 1.29 is 14.1 Å². The Morgan fingerprint density at radius 1 is 1.21 bits per heavy atom. The van der Waals surface area contributed by atoms with Gasteiger partial charge in [0.2, 0.25) is 0 Å². The predicted octanol–water partition coefficient (Wildman–Crippen LogP) is 3.97. The number of amides is 1. The third kappa shape index (κ3) is 4.22. The maximum Gasteiger partial charge on any atom is 0.271 e. The van der Waals surface area contributed by atoms with E-state index < -0.39 is 4.92 Å². The van der Waals surface area contributed by atoms with Crippen LogP contribution in [-0.2, 0) is 0 Å². The number of hydrogen-bond donors (Lipinski definition) is 1. The lowest BCUT2D eigenvalue weighted by Gasteiger charge is -2.09. The summed E-state index contributed by atoms with van der Waals surface area (Å²) in [5, 5.41) is 18.4. The Kier molecular flexibility index (Phi) is 5.49. The van der Waals surface area contributed by atoms with Gasteiger partial charge in [0.25, 0.3) is 11.6 Å². The monoisotopic (exact) mass is 382 g/mol. The average Bonchev–Trinajstić information content (AvgIpc) is 3.12. The van der Waals surface area contributed by atoms with Crippen LogP contribution in [0.4, 0.5) is 10.1 Å². The number of nitrogens with zero attached hydrogens (tertiary/aromatic N) is 3. The van der Waals surface area contributed by atoms with E-state index in [0.29, 0.717) is 23.5 Å². The van der Waals surface area contributed by atoms with E-state index in [9.17, 15) is 19.3 Å². The fraction of sp³-hybridized carbons (Fsp3) is 0.200. The maximum atomic E-state index is 13.2. The highest BCUT2D eigenvalue weighted by atomic mass is 19.1. The van der Waals surface area contributed by atoms with Crippen LogP contribution in [0.25, 0.3) is 16.9 Å². The lowest BCUT2D eigenvalue weighted by atomic mass is 10.1. The van der Waals surface area contributed by atoms with Crippen LogP contribution in [0.3, 0.4) is 0 Å². The summed E-state index contributed by atoms with van der Waals surface area (Å²) in [7, 11) is 0. The Balaban J connectivity index is 2.08. The molecule has 2 aromatic carbocycles. The SMILES string of the molecule is CC(C)CNC(=O)c1cc(-c2ccc(F)cc2)nn1-c1cccc([N+](=O)[O-])c1. The van der Waals surface area contributed by atoms with Gasteiger partial charge in [-0.1, -0.05) is 19.9 Å². The third-order valence-corrected chi connectivity index (χ3v) is 4.04. The number of rotatable bonds is 6. The summed E-state index contributed by atoms with van der Waals surface area (Å²) in [4.78, 5) is 23.3. The van der Waals surface area contributed by atoms with Crippen LogP contribution in [0.5, 0.6) is 0 Å². The van der Waals surface area contributed by atoms with Crippen molar-refractivity contribution in [1.29, 1.82) is 0 Å². The van der Waals surface area contributed by atoms with Gasteiger partial charge in [-0.25, -0.2) is 9.07 Å². The Labute approximate surface area is 161 Å². The van der Waals surface area contributed by atoms with Gasteiger partial charge in [-0.2, -0.15) is 5.10 Å². The minimum atomic E-state index is -0.508. The van der Waals surface area contributed by atoms with E-state index in [-0.39, 0.29) is 29.0 Å². The van der Waals surface area contributed by atoms with E-state index in [4.69, 9.17) is 0 Å². The molecule has 0 atom stereocenters. The van der Waals surface area contributed by atoms with E-state index in [1.54, 1.807) is 24.3 Å². The summed E-state index contributed by atoms with van der Waals surface area (Å²) in [5.41, 5.74) is 1.60. The summed E-state index contributed by atoms with van der Waals surface area (Å²) in [6, 6.07) is 13.2. The van der Waals surface area contributed by atoms with Gasteiger partial charge in [-0.15, -0.1) is 0 Å². The molecule has 0 unspecified atom stereocenters. The van der Waals surface area contributed by atoms with E-state index in [1.165, 1.54) is 35.0 Å². The van der Waals surface area contributed by atoms with Crippen LogP contribution in [0.15, 0.2) is 54.6 Å². The first-order valence-electron chi connectivity index (χ1n) is 8.74. The van der Waals surface area contributed by atoms with Gasteiger partial charge in [0.1, 0.15) is 11.5 Å². The number of halogens is 1. The van der Waals surface area contributed by atoms with Crippen molar-refractivity contribution in [2.45, 2.75) is 13.8 Å². The topological polar surface area (TPSA) is 90.1 Å². The first-order valence-corrected chi connectivity index (χ1v) is 8.74. The number of nitro benzene ring substituents is 1. The van der Waals surface area contributed by atoms with Gasteiger partial charge >= 0.3 is 0 Å². The molecule has 0 spiro atoms. The second-order valence-corrected chi connectivity index (χ2v) is 6.71. The van der Waals surface area contributed by atoms with Gasteiger partial charge in [-0.3, -0.25) is 14.9 Å². The Bertz CT molecular complexity index is 1010. The molecule has 0 aliphatic carbocycles. The van der Waals surface area contributed by atoms with Crippen LogP contribution in [-0.4, -0.2) is 27.2 Å². The molecule has 1 amide bonds. The largest absolute Gasteiger partial charge is 0.350 e. The number of aromatic nitrogens is 2. The highest BCUT2D eigenvalue weighted by molar-refractivity contribution is 5.94. The fourth-order valence-electron chi connectivity index (χ4n) is 2.63. The van der Waals surface area contributed by atoms with Gasteiger partial charge in [0.15, 0.2) is 0 Å². The van der Waals surface area contributed by atoms with Gasteiger partial charge < -0.3 is 5.32 Å². The summed E-state index contributed by atoms with van der Waals surface area (Å²) < 4.78 is 14.6. The number of hydrogen-bond acceptors (Lipinski definition) is 4. The molecule has 1 aromatic heterocycles. The van der Waals surface area contributed by atoms with Gasteiger partial charge in [-0.05, 0) is 42.3 Å². The smallest absolute Gasteiger partial charge is 0.271 e. The normalized spacial score (nSPS) is 10.9. The summed E-state index contributed by atoms with van der Waals surface area (Å²) in [6.45, 7) is 4.43. The highest BCUT2D eigenvalue weighted by Gasteiger charge is 2.19. The quantitative estimate of drug-likeness (QED) is 0.516. The molecule has 0 saturated heterocycles. The molecule has 0 bridgehead atoms. The lowest BCUT2D eigenvalue weighted by molar-refractivity contribution is -0.384. The van der Waals surface area contributed by atoms with E-state index in [1.807, 2.05) is 13.8 Å². The Hall–Kier alpha value is -3.55. The van der Waals surface area contributed by atoms with Crippen molar-refractivity contribution >= 4 is 11.6 Å². The summed E-state index contributed by atoms with van der Waals surface area (Å²) in [6.07, 6.45) is 0. The molecule has 3 aromatic rings. The molecular weight excluding hydrogens is 363 g/mol. The number of nitro groups is 1. The van der Waals surface area contributed by atoms with Crippen LogP contribution in [0.1, 0.15) is 24.3 Å². The number of nitrogens with one attached hydrogen (secondary N) is 1. The summed E-state index contributed by atoms with van der Waals surface area (Å²) in [5.74, 6) is -0.465. The minimum absolute atomic E-state index is 0.107. The van der Waals surface area contributed by atoms with Crippen molar-refractivity contribution in [2.75, 3.05) is 6.54 Å². The Morgan fingerprint density at radius 2 is 1.93 bits per heavy atom. The van der Waals surface area contributed by atoms with Crippen molar-refractivity contribution in [3.8, 4) is 16.9 Å². The fourth-order valence-corrected chi connectivity index (χ4v) is 2.63. The first kappa shape index (κ1) is 19.2. The molecule has 1 N–H and O–H groups in total. The molecule has 1 heterocycles. The molecule has 0 radical (unpaired) electrons. The van der Waals surface area contributed by atoms with Crippen LogP contribution < -0.4 is 5.32 Å². The number of benzene rings is 2. The molecule has 0 aliphatic rings. The average molecular weight is 382 g/mol. The zero-order valence-corrected chi connectivity index (χ0v) is 15.4. The van der Waals surface area contributed by atoms with E-state index in [2.05, 4.69) is 10.4 Å². The van der Waals surface area contributed by atoms with E-state index >= 15 is 0 Å². The van der Waals surface area contributed by atoms with Gasteiger partial charge in [0.05, 0.1) is 16.3 Å². The molecule has 0 fully saturated rings. The minimum Gasteiger partial charge on any atom is -0.350 e. The Morgan fingerprint density at radius 3 is 2.57 bits per heavy atom. The highest BCUT2D eigenvalue weighted by Crippen LogP contribution is 2.24. The molecule has 8 heteroatoms. The lowest BCUT2D eigenvalue weighted by Crippen LogP contribution is -2.29. The van der Waals surface area contributed by atoms with Crippen molar-refractivity contribution in [3.63, 3.8) is 0 Å². The molecular formula is C20H19FN4O3. The van der Waals surface area contributed by atoms with Crippen LogP contribution in [0.2, 0.25) is 0 Å². The van der Waals surface area contributed by atoms with E-state index in [0.717, 1.165) is 0 Å². The molecule has 7 nitrogen and oxygen atoms in total. The second-order valence-electron chi connectivity index (χ2n) is 6.71. The van der Waals surface area contributed by atoms with Crippen LogP contribution >= 0.6 is 0 Å². The molecule has 28 heavy (non-hydrogen) atoms. The summed E-state index contributed by atoms with van der Waals surface area (Å²) >= 11 is 0. The van der Waals surface area contributed by atoms with Crippen LogP contribution in [0, 0.1) is 21.8 Å². The zero-order chi connectivity index (χ0) is 20.3. The molecule has 144 valence electrons. The zero-order valence-electron chi connectivity index (χ0n) is 15.4. The molecule has 0 aliphatic heterocycles. The first-order chi connectivity index (χ1) is 13.3. The number of non-ortho nitro benzene ring substituents is 1. The standard InChI is InChI=1S/C20H19FN4O3/c1-13(2)12-22-20(26)19-11-18(14-6-8-15(21)9-7-14)23-24(19)16-4-3-5-17(10-16)25(27)28/h3-11,13H,12H2,1-2H3,(H,22,26). The van der Waals surface area contributed by atoms with Gasteiger partial charge in [0, 0.05) is 24.2 Å². The van der Waals surface area contributed by atoms with Crippen molar-refractivity contribution in [2.24, 2.45) is 5.92 Å². The number of carbonyl (C=O) groups is 1. The predicted molar refractivity (Wildman–Crippen MR) is 103 cm³/mol. The third-order valence-electron chi connectivity index (χ3n) is 4.04. The van der Waals surface area contributed by atoms with Crippen molar-refractivity contribution in [1.82, 2.24) is 15.1 Å². The molecule has 0 saturated carbocycles. The second kappa shape index (κ2) is 7.99.